The molecule has 2 aromatic carbocycles. The van der Waals surface area contributed by atoms with Crippen LogP contribution in [0.1, 0.15) is 6.42 Å². The predicted octanol–water partition coefficient (Wildman–Crippen LogP) is 4.23. The minimum Gasteiger partial charge on any atom is -0.438 e. The van der Waals surface area contributed by atoms with Gasteiger partial charge in [0, 0.05) is 69.2 Å². The summed E-state index contributed by atoms with van der Waals surface area (Å²) in [6.45, 7) is 3.92. The van der Waals surface area contributed by atoms with Gasteiger partial charge in [-0.05, 0) is 48.9 Å². The van der Waals surface area contributed by atoms with Crippen molar-refractivity contribution in [2.24, 2.45) is 0 Å². The molecule has 9 heteroatoms. The molecule has 1 saturated heterocycles. The summed E-state index contributed by atoms with van der Waals surface area (Å²) in [6, 6.07) is 18.0. The molecule has 1 aliphatic heterocycles. The maximum atomic E-state index is 6.04. The third-order valence-electron chi connectivity index (χ3n) is 6.39. The second kappa shape index (κ2) is 10.2. The Morgan fingerprint density at radius 1 is 1.17 bits per heavy atom. The minimum atomic E-state index is 0.449. The molecular formula is C26H31N7O2. The van der Waals surface area contributed by atoms with E-state index < -0.39 is 0 Å². The fourth-order valence-corrected chi connectivity index (χ4v) is 4.41. The number of ether oxygens (including phenoxy) is 2. The molecule has 182 valence electrons. The largest absolute Gasteiger partial charge is 0.438 e. The average Bonchev–Trinajstić information content (AvgIpc) is 3.53. The van der Waals surface area contributed by atoms with Gasteiger partial charge in [0.05, 0.1) is 12.0 Å². The highest BCUT2D eigenvalue weighted by Gasteiger charge is 2.25. The van der Waals surface area contributed by atoms with Gasteiger partial charge in [0.2, 0.25) is 11.8 Å². The van der Waals surface area contributed by atoms with Crippen LogP contribution < -0.4 is 20.7 Å². The van der Waals surface area contributed by atoms with Crippen LogP contribution in [0.25, 0.3) is 11.0 Å². The van der Waals surface area contributed by atoms with Crippen LogP contribution in [-0.2, 0) is 4.74 Å². The number of nitrogens with zero attached hydrogens (tertiary/aromatic N) is 4. The lowest BCUT2D eigenvalue weighted by Crippen LogP contribution is -2.35. The first-order valence-corrected chi connectivity index (χ1v) is 11.8. The van der Waals surface area contributed by atoms with Crippen LogP contribution in [0.2, 0.25) is 0 Å². The number of rotatable bonds is 9. The van der Waals surface area contributed by atoms with Crippen LogP contribution in [0.3, 0.4) is 0 Å². The fraction of sp³-hybridized carbons (Fsp3) is 0.308. The molecule has 5 rings (SSSR count). The number of hydrogen-bond acceptors (Lipinski definition) is 8. The number of nitrogens with one attached hydrogen (secondary N) is 2. The monoisotopic (exact) mass is 473 g/mol. The second-order valence-corrected chi connectivity index (χ2v) is 8.79. The molecule has 0 unspecified atom stereocenters. The molecule has 3 heterocycles. The quantitative estimate of drug-likeness (QED) is 0.310. The normalized spacial score (nSPS) is 16.0. The predicted molar refractivity (Wildman–Crippen MR) is 140 cm³/mol. The molecule has 0 spiro atoms. The lowest BCUT2D eigenvalue weighted by atomic mass is 10.2. The number of likely N-dealkylation sites (N-methyl/N-ethyl adjacent to an activating group) is 1. The summed E-state index contributed by atoms with van der Waals surface area (Å²) in [6.07, 6.45) is 2.97. The van der Waals surface area contributed by atoms with Gasteiger partial charge in [0.15, 0.2) is 0 Å². The molecule has 0 saturated carbocycles. The maximum absolute atomic E-state index is 6.04. The molecule has 4 aromatic rings. The van der Waals surface area contributed by atoms with Crippen LogP contribution in [-0.4, -0.2) is 66.3 Å². The third-order valence-corrected chi connectivity index (χ3v) is 6.39. The molecule has 1 fully saturated rings. The van der Waals surface area contributed by atoms with Crippen LogP contribution in [0.15, 0.2) is 60.8 Å². The molecule has 0 aliphatic carbocycles. The highest BCUT2D eigenvalue weighted by molar-refractivity contribution is 5.82. The summed E-state index contributed by atoms with van der Waals surface area (Å²) in [7, 11) is 3.92. The summed E-state index contributed by atoms with van der Waals surface area (Å²) in [5.74, 6) is 1.53. The Bertz CT molecular complexity index is 1270. The standard InChI is InChI=1S/C26H31N7O2/c1-32(21-11-13-33(17-21)14-15-34-2)20-8-6-19(7-9-20)29-26-30-24-23(10-12-28-24)25(31-26)35-22-5-3-4-18(27)16-22/h3-10,12,16,21H,11,13-15,17,27H2,1-2H3,(H2,28,29,30,31)/t21-/m0/s1. The van der Waals surface area contributed by atoms with Gasteiger partial charge in [-0.25, -0.2) is 0 Å². The number of likely N-dealkylation sites (tertiary alicyclic amines) is 1. The molecule has 2 aromatic heterocycles. The van der Waals surface area contributed by atoms with Gasteiger partial charge >= 0.3 is 0 Å². The van der Waals surface area contributed by atoms with Gasteiger partial charge in [-0.15, -0.1) is 0 Å². The van der Waals surface area contributed by atoms with Gasteiger partial charge in [-0.2, -0.15) is 9.97 Å². The molecule has 9 nitrogen and oxygen atoms in total. The summed E-state index contributed by atoms with van der Waals surface area (Å²) in [4.78, 5) is 17.2. The number of methoxy groups -OCH3 is 1. The zero-order chi connectivity index (χ0) is 24.2. The fourth-order valence-electron chi connectivity index (χ4n) is 4.41. The molecule has 4 N–H and O–H groups in total. The number of nitrogen functional groups attached to an aromatic ring is 1. The first-order chi connectivity index (χ1) is 17.1. The topological polar surface area (TPSA) is 105 Å². The number of nitrogens with two attached hydrogens (primary N) is 1. The first kappa shape index (κ1) is 22.9. The zero-order valence-electron chi connectivity index (χ0n) is 20.1. The summed E-state index contributed by atoms with van der Waals surface area (Å²) < 4.78 is 11.3. The van der Waals surface area contributed by atoms with E-state index in [4.69, 9.17) is 15.2 Å². The highest BCUT2D eigenvalue weighted by atomic mass is 16.5. The minimum absolute atomic E-state index is 0.449. The van der Waals surface area contributed by atoms with E-state index in [1.54, 1.807) is 13.2 Å². The summed E-state index contributed by atoms with van der Waals surface area (Å²) in [5, 5.41) is 4.10. The van der Waals surface area contributed by atoms with Gasteiger partial charge in [-0.1, -0.05) is 6.07 Å². The van der Waals surface area contributed by atoms with E-state index in [1.807, 2.05) is 42.6 Å². The Morgan fingerprint density at radius 2 is 2.03 bits per heavy atom. The van der Waals surface area contributed by atoms with E-state index in [0.717, 1.165) is 43.7 Å². The van der Waals surface area contributed by atoms with E-state index in [2.05, 4.69) is 49.2 Å². The molecule has 1 aliphatic rings. The van der Waals surface area contributed by atoms with E-state index in [1.165, 1.54) is 5.69 Å². The molecule has 0 radical (unpaired) electrons. The SMILES string of the molecule is COCCN1CC[C@H](N(C)c2ccc(Nc3nc(Oc4cccc(N)c4)c4cc[nH]c4n3)cc2)C1. The van der Waals surface area contributed by atoms with Crippen molar-refractivity contribution in [1.82, 2.24) is 19.9 Å². The van der Waals surface area contributed by atoms with Crippen molar-refractivity contribution in [3.05, 3.63) is 60.8 Å². The average molecular weight is 474 g/mol. The maximum Gasteiger partial charge on any atom is 0.233 e. The first-order valence-electron chi connectivity index (χ1n) is 11.8. The molecule has 0 bridgehead atoms. The number of H-pyrrole nitrogens is 1. The highest BCUT2D eigenvalue weighted by Crippen LogP contribution is 2.30. The number of hydrogen-bond donors (Lipinski definition) is 3. The Morgan fingerprint density at radius 3 is 2.83 bits per heavy atom. The van der Waals surface area contributed by atoms with Gasteiger partial charge in [0.1, 0.15) is 11.4 Å². The van der Waals surface area contributed by atoms with Crippen molar-refractivity contribution in [2.45, 2.75) is 12.5 Å². The number of anilines is 4. The van der Waals surface area contributed by atoms with Crippen molar-refractivity contribution in [1.29, 1.82) is 0 Å². The van der Waals surface area contributed by atoms with E-state index in [9.17, 15) is 0 Å². The second-order valence-electron chi connectivity index (χ2n) is 8.79. The number of aromatic amines is 1. The Labute approximate surface area is 204 Å². The summed E-state index contributed by atoms with van der Waals surface area (Å²) >= 11 is 0. The Kier molecular flexibility index (Phi) is 6.69. The van der Waals surface area contributed by atoms with E-state index in [0.29, 0.717) is 35.0 Å². The number of fused-ring (bicyclic) bond motifs is 1. The van der Waals surface area contributed by atoms with Crippen molar-refractivity contribution in [3.8, 4) is 11.6 Å². The third kappa shape index (κ3) is 5.31. The van der Waals surface area contributed by atoms with Gasteiger partial charge < -0.3 is 30.4 Å². The van der Waals surface area contributed by atoms with Crippen LogP contribution in [0.4, 0.5) is 23.0 Å². The smallest absolute Gasteiger partial charge is 0.233 e. The van der Waals surface area contributed by atoms with E-state index in [-0.39, 0.29) is 0 Å². The van der Waals surface area contributed by atoms with Crippen molar-refractivity contribution in [3.63, 3.8) is 0 Å². The van der Waals surface area contributed by atoms with E-state index >= 15 is 0 Å². The number of benzene rings is 2. The Balaban J connectivity index is 1.29. The molecule has 0 amide bonds. The van der Waals surface area contributed by atoms with Crippen LogP contribution in [0.5, 0.6) is 11.6 Å². The lowest BCUT2D eigenvalue weighted by molar-refractivity contribution is 0.160. The lowest BCUT2D eigenvalue weighted by Gasteiger charge is -2.27. The molecular weight excluding hydrogens is 442 g/mol. The Hall–Kier alpha value is -3.82. The number of aromatic nitrogens is 3. The van der Waals surface area contributed by atoms with Gasteiger partial charge in [0.25, 0.3) is 0 Å². The molecule has 35 heavy (non-hydrogen) atoms. The van der Waals surface area contributed by atoms with Crippen molar-refractivity contribution < 1.29 is 9.47 Å². The van der Waals surface area contributed by atoms with Gasteiger partial charge in [-0.3, -0.25) is 4.90 Å². The van der Waals surface area contributed by atoms with Crippen LogP contribution >= 0.6 is 0 Å². The zero-order valence-corrected chi connectivity index (χ0v) is 20.1. The van der Waals surface area contributed by atoms with Crippen molar-refractivity contribution in [2.75, 3.05) is 56.3 Å². The molecule has 1 atom stereocenters. The summed E-state index contributed by atoms with van der Waals surface area (Å²) in [5.41, 5.74) is 9.30. The van der Waals surface area contributed by atoms with Crippen LogP contribution in [0, 0.1) is 0 Å². The van der Waals surface area contributed by atoms with Crippen molar-refractivity contribution >= 4 is 34.0 Å².